The molecule has 0 spiro atoms. The highest BCUT2D eigenvalue weighted by atomic mass is 14.2. The predicted molar refractivity (Wildman–Crippen MR) is 119 cm³/mol. The van der Waals surface area contributed by atoms with Crippen LogP contribution >= 0.6 is 0 Å². The Bertz CT molecular complexity index is 898. The highest BCUT2D eigenvalue weighted by Gasteiger charge is 2.07. The topological polar surface area (TPSA) is 23.8 Å². The van der Waals surface area contributed by atoms with Gasteiger partial charge >= 0.3 is 0 Å². The minimum atomic E-state index is 0.695. The van der Waals surface area contributed by atoms with E-state index in [-0.39, 0.29) is 0 Å². The van der Waals surface area contributed by atoms with Gasteiger partial charge in [0.25, 0.3) is 0 Å². The number of nitrogens with zero attached hydrogens (tertiary/aromatic N) is 1. The molecule has 1 nitrogen and oxygen atoms in total. The molecule has 0 aromatic heterocycles. The van der Waals surface area contributed by atoms with Gasteiger partial charge in [0.1, 0.15) is 0 Å². The summed E-state index contributed by atoms with van der Waals surface area (Å²) in [6, 6.07) is 27.6. The van der Waals surface area contributed by atoms with Crippen LogP contribution in [0.5, 0.6) is 0 Å². The van der Waals surface area contributed by atoms with Gasteiger partial charge in [-0.1, -0.05) is 99.7 Å². The lowest BCUT2D eigenvalue weighted by Gasteiger charge is -2.11. The number of rotatable bonds is 9. The van der Waals surface area contributed by atoms with Crippen LogP contribution in [0.25, 0.3) is 22.3 Å². The van der Waals surface area contributed by atoms with Crippen LogP contribution in [0.4, 0.5) is 0 Å². The Morgan fingerprint density at radius 2 is 1.18 bits per heavy atom. The second-order valence-corrected chi connectivity index (χ2v) is 7.45. The van der Waals surface area contributed by atoms with Crippen LogP contribution in [0.15, 0.2) is 72.8 Å². The maximum atomic E-state index is 9.02. The Hall–Kier alpha value is -2.85. The van der Waals surface area contributed by atoms with E-state index in [4.69, 9.17) is 5.26 Å². The molecule has 0 unspecified atom stereocenters. The molecular weight excluding hydrogens is 338 g/mol. The summed E-state index contributed by atoms with van der Waals surface area (Å²) in [5, 5.41) is 9.02. The van der Waals surface area contributed by atoms with Crippen molar-refractivity contribution in [2.45, 2.75) is 51.9 Å². The second kappa shape index (κ2) is 10.5. The second-order valence-electron chi connectivity index (χ2n) is 7.45. The van der Waals surface area contributed by atoms with E-state index in [1.165, 1.54) is 67.2 Å². The molecule has 0 aliphatic rings. The summed E-state index contributed by atoms with van der Waals surface area (Å²) in [5.74, 6) is 0. The van der Waals surface area contributed by atoms with E-state index in [9.17, 15) is 0 Å². The van der Waals surface area contributed by atoms with Gasteiger partial charge in [-0.2, -0.15) is 5.26 Å². The van der Waals surface area contributed by atoms with Crippen molar-refractivity contribution in [3.05, 3.63) is 83.9 Å². The third kappa shape index (κ3) is 5.33. The van der Waals surface area contributed by atoms with Gasteiger partial charge in [0.15, 0.2) is 0 Å². The lowest BCUT2D eigenvalue weighted by atomic mass is 9.93. The first-order valence-electron chi connectivity index (χ1n) is 10.5. The predicted octanol–water partition coefficient (Wildman–Crippen LogP) is 7.80. The van der Waals surface area contributed by atoms with Crippen LogP contribution in [0.3, 0.4) is 0 Å². The lowest BCUT2D eigenvalue weighted by Crippen LogP contribution is -1.89. The molecule has 0 fully saturated rings. The maximum absolute atomic E-state index is 9.02. The molecule has 28 heavy (non-hydrogen) atoms. The number of hydrogen-bond donors (Lipinski definition) is 0. The monoisotopic (exact) mass is 367 g/mol. The lowest BCUT2D eigenvalue weighted by molar-refractivity contribution is 0.607. The Morgan fingerprint density at radius 3 is 1.75 bits per heavy atom. The molecule has 0 bridgehead atoms. The Kier molecular flexibility index (Phi) is 7.44. The molecule has 0 amide bonds. The highest BCUT2D eigenvalue weighted by molar-refractivity contribution is 5.83. The van der Waals surface area contributed by atoms with E-state index < -0.39 is 0 Å². The summed E-state index contributed by atoms with van der Waals surface area (Å²) in [5.41, 5.74) is 6.95. The number of unbranched alkanes of at least 4 members (excludes halogenated alkanes) is 5. The first-order chi connectivity index (χ1) is 13.8. The minimum absolute atomic E-state index is 0.695. The summed E-state index contributed by atoms with van der Waals surface area (Å²) in [7, 11) is 0. The molecule has 0 aliphatic carbocycles. The summed E-state index contributed by atoms with van der Waals surface area (Å²) in [6.45, 7) is 2.26. The largest absolute Gasteiger partial charge is 0.192 e. The number of hydrogen-bond acceptors (Lipinski definition) is 1. The fraction of sp³-hybridized carbons (Fsp3) is 0.296. The zero-order valence-electron chi connectivity index (χ0n) is 16.8. The van der Waals surface area contributed by atoms with Crippen molar-refractivity contribution in [1.82, 2.24) is 0 Å². The van der Waals surface area contributed by atoms with E-state index in [0.717, 1.165) is 5.56 Å². The zero-order chi connectivity index (χ0) is 19.6. The van der Waals surface area contributed by atoms with E-state index >= 15 is 0 Å². The van der Waals surface area contributed by atoms with Gasteiger partial charge in [-0.3, -0.25) is 0 Å². The Morgan fingerprint density at radius 1 is 0.643 bits per heavy atom. The van der Waals surface area contributed by atoms with Crippen molar-refractivity contribution in [2.24, 2.45) is 0 Å². The number of aryl methyl sites for hydroxylation is 1. The average Bonchev–Trinajstić information content (AvgIpc) is 2.77. The van der Waals surface area contributed by atoms with Crippen molar-refractivity contribution in [2.75, 3.05) is 0 Å². The summed E-state index contributed by atoms with van der Waals surface area (Å²) in [6.07, 6.45) is 9.21. The van der Waals surface area contributed by atoms with Crippen molar-refractivity contribution in [1.29, 1.82) is 5.26 Å². The van der Waals surface area contributed by atoms with Crippen LogP contribution in [-0.4, -0.2) is 0 Å². The van der Waals surface area contributed by atoms with Crippen molar-refractivity contribution in [3.8, 4) is 28.3 Å². The molecule has 0 aliphatic heterocycles. The molecule has 0 radical (unpaired) electrons. The van der Waals surface area contributed by atoms with Crippen LogP contribution in [0.2, 0.25) is 0 Å². The maximum Gasteiger partial charge on any atom is 0.0991 e. The average molecular weight is 368 g/mol. The Balaban J connectivity index is 1.69. The van der Waals surface area contributed by atoms with Gasteiger partial charge in [0, 0.05) is 0 Å². The molecular formula is C27H29N. The number of benzene rings is 3. The summed E-state index contributed by atoms with van der Waals surface area (Å²) < 4.78 is 0. The third-order valence-corrected chi connectivity index (χ3v) is 5.34. The molecule has 0 heterocycles. The fourth-order valence-corrected chi connectivity index (χ4v) is 3.67. The molecule has 1 heteroatoms. The molecule has 0 atom stereocenters. The zero-order valence-corrected chi connectivity index (χ0v) is 16.8. The van der Waals surface area contributed by atoms with Gasteiger partial charge in [-0.25, -0.2) is 0 Å². The minimum Gasteiger partial charge on any atom is -0.192 e. The quantitative estimate of drug-likeness (QED) is 0.354. The molecule has 3 aromatic carbocycles. The van der Waals surface area contributed by atoms with Crippen LogP contribution in [0, 0.1) is 11.3 Å². The van der Waals surface area contributed by atoms with Gasteiger partial charge in [0.2, 0.25) is 0 Å². The van der Waals surface area contributed by atoms with E-state index in [2.05, 4.69) is 61.5 Å². The first-order valence-corrected chi connectivity index (χ1v) is 10.5. The SMILES string of the molecule is CCCCCCCCc1ccc(-c2ccccc2-c2ccc(C#N)cc2)cc1. The molecule has 0 N–H and O–H groups in total. The molecule has 0 saturated carbocycles. The van der Waals surface area contributed by atoms with Crippen molar-refractivity contribution in [3.63, 3.8) is 0 Å². The first kappa shape index (κ1) is 19.9. The molecule has 0 saturated heterocycles. The number of nitriles is 1. The van der Waals surface area contributed by atoms with Crippen molar-refractivity contribution < 1.29 is 0 Å². The fourth-order valence-electron chi connectivity index (χ4n) is 3.67. The van der Waals surface area contributed by atoms with E-state index in [0.29, 0.717) is 5.56 Å². The van der Waals surface area contributed by atoms with Gasteiger partial charge in [-0.05, 0) is 52.8 Å². The summed E-state index contributed by atoms with van der Waals surface area (Å²) in [4.78, 5) is 0. The van der Waals surface area contributed by atoms with Gasteiger partial charge in [-0.15, -0.1) is 0 Å². The molecule has 3 aromatic rings. The standard InChI is InChI=1S/C27H29N/c1-2-3-4-5-6-7-10-22-13-17-24(18-14-22)26-11-8-9-12-27(26)25-19-15-23(21-28)16-20-25/h8-9,11-20H,2-7,10H2,1H3. The summed E-state index contributed by atoms with van der Waals surface area (Å²) >= 11 is 0. The Labute approximate surface area is 169 Å². The van der Waals surface area contributed by atoms with Crippen LogP contribution in [-0.2, 0) is 6.42 Å². The van der Waals surface area contributed by atoms with Crippen LogP contribution in [0.1, 0.15) is 56.6 Å². The van der Waals surface area contributed by atoms with Gasteiger partial charge in [0.05, 0.1) is 11.6 Å². The highest BCUT2D eigenvalue weighted by Crippen LogP contribution is 2.32. The van der Waals surface area contributed by atoms with Crippen molar-refractivity contribution >= 4 is 0 Å². The molecule has 3 rings (SSSR count). The van der Waals surface area contributed by atoms with E-state index in [1.54, 1.807) is 0 Å². The smallest absolute Gasteiger partial charge is 0.0991 e. The molecule has 142 valence electrons. The van der Waals surface area contributed by atoms with Gasteiger partial charge < -0.3 is 0 Å². The van der Waals surface area contributed by atoms with E-state index in [1.807, 2.05) is 24.3 Å². The third-order valence-electron chi connectivity index (χ3n) is 5.34. The normalized spacial score (nSPS) is 10.6. The van der Waals surface area contributed by atoms with Crippen LogP contribution < -0.4 is 0 Å².